The monoisotopic (exact) mass is 786 g/mol. The molecule has 4 heterocycles. The van der Waals surface area contributed by atoms with Crippen LogP contribution in [0.25, 0.3) is 0 Å². The number of amides is 5. The largest absolute Gasteiger partial charge is 0.397 e. The SMILES string of the molecule is CN(C)C1CCN(C2CCN(C(=O)[C@H](Cc3cc(Br)c(N)c(Br)c3)NC(=O)N3CCC(N4Cc5ccccc5NC4=O)CC3)CC2)CC1. The first-order chi connectivity index (χ1) is 23.1. The average molecular weight is 789 g/mol. The summed E-state index contributed by atoms with van der Waals surface area (Å²) >= 11 is 7.07. The van der Waals surface area contributed by atoms with E-state index in [0.717, 1.165) is 51.7 Å². The molecule has 4 N–H and O–H groups in total. The number of anilines is 2. The van der Waals surface area contributed by atoms with E-state index in [4.69, 9.17) is 5.73 Å². The second-order valence-corrected chi connectivity index (χ2v) is 15.6. The molecule has 3 saturated heterocycles. The van der Waals surface area contributed by atoms with Crippen LogP contribution in [-0.2, 0) is 17.8 Å². The highest BCUT2D eigenvalue weighted by molar-refractivity contribution is 9.11. The van der Waals surface area contributed by atoms with Crippen LogP contribution >= 0.6 is 31.9 Å². The average Bonchev–Trinajstić information content (AvgIpc) is 3.10. The molecular formula is C35H48Br2N8O3. The molecule has 0 saturated carbocycles. The lowest BCUT2D eigenvalue weighted by molar-refractivity contribution is -0.135. The molecule has 5 amide bonds. The number of carbonyl (C=O) groups is 3. The third-order valence-corrected chi connectivity index (χ3v) is 12.1. The van der Waals surface area contributed by atoms with E-state index in [2.05, 4.69) is 66.4 Å². The summed E-state index contributed by atoms with van der Waals surface area (Å²) in [5.41, 5.74) is 9.60. The minimum Gasteiger partial charge on any atom is -0.397 e. The van der Waals surface area contributed by atoms with E-state index >= 15 is 0 Å². The molecule has 0 bridgehead atoms. The maximum absolute atomic E-state index is 14.1. The molecule has 0 spiro atoms. The van der Waals surface area contributed by atoms with Gasteiger partial charge in [0.05, 0.1) is 5.69 Å². The molecule has 13 heteroatoms. The van der Waals surface area contributed by atoms with Crippen molar-refractivity contribution in [1.82, 2.24) is 29.8 Å². The summed E-state index contributed by atoms with van der Waals surface area (Å²) in [7, 11) is 4.33. The summed E-state index contributed by atoms with van der Waals surface area (Å²) in [6.07, 6.45) is 5.97. The van der Waals surface area contributed by atoms with Gasteiger partial charge in [-0.15, -0.1) is 0 Å². The Morgan fingerprint density at radius 2 is 1.52 bits per heavy atom. The fourth-order valence-corrected chi connectivity index (χ4v) is 9.05. The van der Waals surface area contributed by atoms with E-state index in [1.165, 1.54) is 12.8 Å². The molecule has 0 unspecified atom stereocenters. The molecule has 2 aromatic rings. The lowest BCUT2D eigenvalue weighted by atomic mass is 9.96. The third kappa shape index (κ3) is 7.95. The third-order valence-electron chi connectivity index (χ3n) is 10.7. The molecule has 3 fully saturated rings. The summed E-state index contributed by atoms with van der Waals surface area (Å²) in [5.74, 6) is -0.0456. The number of halogens is 2. The highest BCUT2D eigenvalue weighted by atomic mass is 79.9. The number of rotatable bonds is 7. The number of urea groups is 2. The van der Waals surface area contributed by atoms with E-state index in [-0.39, 0.29) is 24.0 Å². The predicted octanol–water partition coefficient (Wildman–Crippen LogP) is 4.94. The zero-order valence-corrected chi connectivity index (χ0v) is 31.1. The smallest absolute Gasteiger partial charge is 0.322 e. The van der Waals surface area contributed by atoms with E-state index in [9.17, 15) is 14.4 Å². The Morgan fingerprint density at radius 1 is 0.917 bits per heavy atom. The highest BCUT2D eigenvalue weighted by Crippen LogP contribution is 2.31. The van der Waals surface area contributed by atoms with Gasteiger partial charge in [0.2, 0.25) is 5.91 Å². The van der Waals surface area contributed by atoms with Gasteiger partial charge in [-0.25, -0.2) is 9.59 Å². The molecule has 6 rings (SSSR count). The van der Waals surface area contributed by atoms with Gasteiger partial charge in [-0.2, -0.15) is 0 Å². The number of nitrogens with zero attached hydrogens (tertiary/aromatic N) is 5. The molecule has 0 aliphatic carbocycles. The number of fused-ring (bicyclic) bond motifs is 1. The van der Waals surface area contributed by atoms with Crippen LogP contribution < -0.4 is 16.4 Å². The van der Waals surface area contributed by atoms with Crippen molar-refractivity contribution < 1.29 is 14.4 Å². The van der Waals surface area contributed by atoms with Crippen molar-refractivity contribution in [3.63, 3.8) is 0 Å². The summed E-state index contributed by atoms with van der Waals surface area (Å²) in [6.45, 7) is 5.17. The molecule has 260 valence electrons. The van der Waals surface area contributed by atoms with Crippen molar-refractivity contribution in [3.8, 4) is 0 Å². The number of carbonyl (C=O) groups excluding carboxylic acids is 3. The van der Waals surface area contributed by atoms with E-state index < -0.39 is 6.04 Å². The number of nitrogens with two attached hydrogens (primary N) is 1. The number of hydrogen-bond acceptors (Lipinski definition) is 6. The van der Waals surface area contributed by atoms with Crippen LogP contribution in [0.15, 0.2) is 45.3 Å². The standard InChI is InChI=1S/C35H48Br2N8O3/c1-41(2)25-7-13-42(14-8-25)26-9-15-43(16-10-26)33(46)31(21-23-19-28(36)32(38)29(37)20-23)40-34(47)44-17-11-27(12-18-44)45-22-24-5-3-4-6-30(24)39-35(45)48/h3-6,19-20,25-27,31H,7-18,21-22,38H2,1-2H3,(H,39,48)(H,40,47)/t31-/m0/s1. The minimum atomic E-state index is -0.714. The molecule has 1 atom stereocenters. The molecular weight excluding hydrogens is 740 g/mol. The molecule has 48 heavy (non-hydrogen) atoms. The van der Waals surface area contributed by atoms with Crippen LogP contribution in [0.2, 0.25) is 0 Å². The van der Waals surface area contributed by atoms with Gasteiger partial charge in [0.1, 0.15) is 6.04 Å². The number of nitrogens with one attached hydrogen (secondary N) is 2. The van der Waals surface area contributed by atoms with Gasteiger partial charge in [0.25, 0.3) is 0 Å². The van der Waals surface area contributed by atoms with Gasteiger partial charge < -0.3 is 40.9 Å². The lowest BCUT2D eigenvalue weighted by Gasteiger charge is -2.43. The normalized spacial score (nSPS) is 20.9. The topological polar surface area (TPSA) is 117 Å². The molecule has 11 nitrogen and oxygen atoms in total. The highest BCUT2D eigenvalue weighted by Gasteiger charge is 2.36. The zero-order valence-electron chi connectivity index (χ0n) is 28.0. The molecule has 4 aliphatic rings. The maximum Gasteiger partial charge on any atom is 0.322 e. The first-order valence-electron chi connectivity index (χ1n) is 17.2. The molecule has 4 aliphatic heterocycles. The van der Waals surface area contributed by atoms with Crippen molar-refractivity contribution in [2.24, 2.45) is 0 Å². The van der Waals surface area contributed by atoms with Crippen LogP contribution in [0.4, 0.5) is 21.0 Å². The van der Waals surface area contributed by atoms with Crippen molar-refractivity contribution in [1.29, 1.82) is 0 Å². The number of nitrogen functional groups attached to an aromatic ring is 1. The van der Waals surface area contributed by atoms with Crippen molar-refractivity contribution in [2.45, 2.75) is 75.7 Å². The Balaban J connectivity index is 1.08. The Hall–Kier alpha value is -2.87. The van der Waals surface area contributed by atoms with E-state index in [0.29, 0.717) is 69.8 Å². The number of para-hydroxylation sites is 1. The molecule has 2 aromatic carbocycles. The Labute approximate surface area is 300 Å². The maximum atomic E-state index is 14.1. The van der Waals surface area contributed by atoms with Crippen molar-refractivity contribution in [3.05, 3.63) is 56.5 Å². The first-order valence-corrected chi connectivity index (χ1v) is 18.8. The lowest BCUT2D eigenvalue weighted by Crippen LogP contribution is -2.58. The van der Waals surface area contributed by atoms with Crippen molar-refractivity contribution in [2.75, 3.05) is 64.4 Å². The quantitative estimate of drug-likeness (QED) is 0.343. The first kappa shape index (κ1) is 35.0. The fourth-order valence-electron chi connectivity index (χ4n) is 7.77. The van der Waals surface area contributed by atoms with Gasteiger partial charge in [0, 0.05) is 71.9 Å². The van der Waals surface area contributed by atoms with Gasteiger partial charge in [-0.05, 0) is 127 Å². The predicted molar refractivity (Wildman–Crippen MR) is 196 cm³/mol. The summed E-state index contributed by atoms with van der Waals surface area (Å²) in [5, 5.41) is 6.12. The number of likely N-dealkylation sites (tertiary alicyclic amines) is 3. The zero-order chi connectivity index (χ0) is 33.9. The Kier molecular flexibility index (Phi) is 11.2. The molecule has 0 radical (unpaired) electrons. The number of piperidine rings is 3. The second kappa shape index (κ2) is 15.3. The number of hydrogen-bond donors (Lipinski definition) is 3. The van der Waals surface area contributed by atoms with Gasteiger partial charge in [-0.3, -0.25) is 4.79 Å². The van der Waals surface area contributed by atoms with Crippen LogP contribution in [0.3, 0.4) is 0 Å². The van der Waals surface area contributed by atoms with Crippen LogP contribution in [0, 0.1) is 0 Å². The van der Waals surface area contributed by atoms with Crippen LogP contribution in [0.1, 0.15) is 49.7 Å². The fraction of sp³-hybridized carbons (Fsp3) is 0.571. The van der Waals surface area contributed by atoms with E-state index in [1.807, 2.05) is 46.2 Å². The van der Waals surface area contributed by atoms with Crippen LogP contribution in [0.5, 0.6) is 0 Å². The van der Waals surface area contributed by atoms with Crippen LogP contribution in [-0.4, -0.2) is 120 Å². The number of benzene rings is 2. The van der Waals surface area contributed by atoms with E-state index in [1.54, 1.807) is 4.90 Å². The Bertz CT molecular complexity index is 1460. The molecule has 0 aromatic heterocycles. The summed E-state index contributed by atoms with van der Waals surface area (Å²) < 4.78 is 1.49. The Morgan fingerprint density at radius 3 is 2.17 bits per heavy atom. The van der Waals surface area contributed by atoms with Gasteiger partial charge in [0.15, 0.2) is 0 Å². The van der Waals surface area contributed by atoms with Crippen molar-refractivity contribution >= 4 is 61.2 Å². The summed E-state index contributed by atoms with van der Waals surface area (Å²) in [6, 6.07) is 11.8. The second-order valence-electron chi connectivity index (χ2n) is 13.9. The van der Waals surface area contributed by atoms with Gasteiger partial charge in [-0.1, -0.05) is 18.2 Å². The summed E-state index contributed by atoms with van der Waals surface area (Å²) in [4.78, 5) is 51.3. The minimum absolute atomic E-state index is 0.0410. The van der Waals surface area contributed by atoms with Gasteiger partial charge >= 0.3 is 12.1 Å².